The molecule has 0 bridgehead atoms. The lowest BCUT2D eigenvalue weighted by Crippen LogP contribution is -2.53. The van der Waals surface area contributed by atoms with E-state index in [0.29, 0.717) is 16.3 Å². The first kappa shape index (κ1) is 18.9. The van der Waals surface area contributed by atoms with E-state index in [4.69, 9.17) is 21.1 Å². The van der Waals surface area contributed by atoms with Crippen LogP contribution < -0.4 is 10.1 Å². The van der Waals surface area contributed by atoms with Crippen molar-refractivity contribution in [2.75, 3.05) is 7.11 Å². The van der Waals surface area contributed by atoms with Crippen molar-refractivity contribution >= 4 is 35.3 Å². The first-order valence-corrected chi connectivity index (χ1v) is 9.19. The Hall–Kier alpha value is -3.39. The number of ether oxygens (including phenoxy) is 2. The first-order valence-electron chi connectivity index (χ1n) is 8.81. The van der Waals surface area contributed by atoms with Crippen molar-refractivity contribution in [1.29, 1.82) is 0 Å². The fourth-order valence-corrected chi connectivity index (χ4v) is 3.23. The molecular formula is C20H17ClN4O4. The maximum atomic E-state index is 13.1. The first-order chi connectivity index (χ1) is 14.0. The fraction of sp³-hybridized carbons (Fsp3) is 0.200. The summed E-state index contributed by atoms with van der Waals surface area (Å²) in [4.78, 5) is 29.3. The van der Waals surface area contributed by atoms with Gasteiger partial charge in [0.1, 0.15) is 17.8 Å². The van der Waals surface area contributed by atoms with Crippen LogP contribution in [0.5, 0.6) is 5.75 Å². The third-order valence-electron chi connectivity index (χ3n) is 4.51. The molecule has 2 heterocycles. The monoisotopic (exact) mass is 412 g/mol. The van der Waals surface area contributed by atoms with Crippen LogP contribution in [0.2, 0.25) is 5.02 Å². The van der Waals surface area contributed by atoms with Crippen LogP contribution >= 0.6 is 11.6 Å². The average molecular weight is 413 g/mol. The number of carbonyl (C=O) groups excluding carboxylic acids is 2. The number of amidine groups is 1. The zero-order valence-corrected chi connectivity index (χ0v) is 16.4. The molecule has 0 radical (unpaired) electrons. The number of benzene rings is 2. The number of nitrogens with one attached hydrogen (secondary N) is 1. The minimum Gasteiger partial charge on any atom is -0.497 e. The largest absolute Gasteiger partial charge is 0.497 e. The molecule has 0 aliphatic carbocycles. The van der Waals surface area contributed by atoms with Crippen LogP contribution in [-0.4, -0.2) is 41.9 Å². The summed E-state index contributed by atoms with van der Waals surface area (Å²) >= 11 is 5.92. The molecule has 9 heteroatoms. The number of hydrogen-bond acceptors (Lipinski definition) is 6. The summed E-state index contributed by atoms with van der Waals surface area (Å²) in [5.74, 6) is 0.120. The van der Waals surface area contributed by atoms with Crippen molar-refractivity contribution in [2.24, 2.45) is 10.1 Å². The van der Waals surface area contributed by atoms with Crippen LogP contribution in [0.1, 0.15) is 24.1 Å². The van der Waals surface area contributed by atoms with Gasteiger partial charge in [-0.2, -0.15) is 0 Å². The Balaban J connectivity index is 1.70. The van der Waals surface area contributed by atoms with E-state index in [1.54, 1.807) is 55.6 Å². The van der Waals surface area contributed by atoms with E-state index in [9.17, 15) is 9.59 Å². The second-order valence-electron chi connectivity index (χ2n) is 6.47. The molecule has 2 atom stereocenters. The van der Waals surface area contributed by atoms with Crippen molar-refractivity contribution in [3.8, 4) is 5.75 Å². The summed E-state index contributed by atoms with van der Waals surface area (Å²) in [6.07, 6.45) is 0. The van der Waals surface area contributed by atoms with E-state index >= 15 is 0 Å². The maximum Gasteiger partial charge on any atom is 0.323 e. The number of rotatable bonds is 4. The van der Waals surface area contributed by atoms with Crippen LogP contribution in [0.15, 0.2) is 58.6 Å². The molecule has 0 saturated heterocycles. The Morgan fingerprint density at radius 2 is 1.86 bits per heavy atom. The Morgan fingerprint density at radius 1 is 1.17 bits per heavy atom. The number of hydrogen-bond donors (Lipinski definition) is 1. The summed E-state index contributed by atoms with van der Waals surface area (Å²) < 4.78 is 10.9. The van der Waals surface area contributed by atoms with E-state index in [1.807, 2.05) is 0 Å². The number of carbonyl (C=O) groups is 2. The summed E-state index contributed by atoms with van der Waals surface area (Å²) in [6, 6.07) is 12.5. The van der Waals surface area contributed by atoms with Gasteiger partial charge in [0.05, 0.1) is 7.11 Å². The Morgan fingerprint density at radius 3 is 2.48 bits per heavy atom. The quantitative estimate of drug-likeness (QED) is 0.834. The van der Waals surface area contributed by atoms with E-state index in [2.05, 4.69) is 15.4 Å². The van der Waals surface area contributed by atoms with E-state index in [0.717, 1.165) is 10.6 Å². The van der Waals surface area contributed by atoms with Crippen molar-refractivity contribution in [2.45, 2.75) is 19.0 Å². The number of aliphatic imine (C=N–C) groups is 1. The lowest BCUT2D eigenvalue weighted by Gasteiger charge is -2.30. The topological polar surface area (TPSA) is 92.6 Å². The molecule has 1 N–H and O–H groups in total. The van der Waals surface area contributed by atoms with Crippen molar-refractivity contribution in [3.63, 3.8) is 0 Å². The van der Waals surface area contributed by atoms with Crippen LogP contribution in [0.25, 0.3) is 0 Å². The van der Waals surface area contributed by atoms with Crippen LogP contribution in [-0.2, 0) is 14.3 Å². The second-order valence-corrected chi connectivity index (χ2v) is 6.91. The van der Waals surface area contributed by atoms with Crippen molar-refractivity contribution < 1.29 is 19.1 Å². The molecule has 29 heavy (non-hydrogen) atoms. The van der Waals surface area contributed by atoms with Gasteiger partial charge in [0.25, 0.3) is 5.91 Å². The zero-order valence-electron chi connectivity index (χ0n) is 15.6. The predicted molar refractivity (Wildman–Crippen MR) is 107 cm³/mol. The van der Waals surface area contributed by atoms with Gasteiger partial charge in [0, 0.05) is 17.5 Å². The minimum atomic E-state index is -0.915. The number of methoxy groups -OCH3 is 1. The van der Waals surface area contributed by atoms with Gasteiger partial charge < -0.3 is 14.8 Å². The number of fused-ring (bicyclic) bond motifs is 1. The molecule has 2 aliphatic heterocycles. The molecular weight excluding hydrogens is 396 g/mol. The smallest absolute Gasteiger partial charge is 0.323 e. The third-order valence-corrected chi connectivity index (χ3v) is 4.76. The average Bonchev–Trinajstić information content (AvgIpc) is 3.15. The van der Waals surface area contributed by atoms with Gasteiger partial charge in [0.15, 0.2) is 0 Å². The normalized spacial score (nSPS) is 20.4. The number of hydrazone groups is 1. The molecule has 2 aromatic carbocycles. The van der Waals surface area contributed by atoms with Crippen molar-refractivity contribution in [1.82, 2.24) is 10.3 Å². The molecule has 2 aromatic rings. The predicted octanol–water partition coefficient (Wildman–Crippen LogP) is 2.48. The molecule has 0 spiro atoms. The molecule has 0 fully saturated rings. The standard InChI is InChI=1S/C20H17ClN4O4/c1-11(26)22-17-16(12-5-9-15(28-2)10-6-12)23-20-25(19(17)27)24-18(29-20)13-3-7-14(21)8-4-13/h3-10,16-17H,1-2H3,(H,22,26)/t16-,17+/m1/s1. The summed E-state index contributed by atoms with van der Waals surface area (Å²) in [5, 5.41) is 8.56. The van der Waals surface area contributed by atoms with Crippen LogP contribution in [0.3, 0.4) is 0 Å². The maximum absolute atomic E-state index is 13.1. The third kappa shape index (κ3) is 3.66. The van der Waals surface area contributed by atoms with Crippen LogP contribution in [0.4, 0.5) is 0 Å². The Labute approximate surface area is 171 Å². The van der Waals surface area contributed by atoms with E-state index < -0.39 is 18.0 Å². The molecule has 4 rings (SSSR count). The molecule has 2 amide bonds. The summed E-state index contributed by atoms with van der Waals surface area (Å²) in [7, 11) is 1.57. The number of amides is 2. The molecule has 0 saturated carbocycles. The van der Waals surface area contributed by atoms with Gasteiger partial charge in [-0.05, 0) is 42.0 Å². The van der Waals surface area contributed by atoms with Gasteiger partial charge >= 0.3 is 6.02 Å². The lowest BCUT2D eigenvalue weighted by molar-refractivity contribution is -0.134. The highest BCUT2D eigenvalue weighted by Crippen LogP contribution is 2.31. The van der Waals surface area contributed by atoms with Crippen LogP contribution in [0, 0.1) is 0 Å². The second kappa shape index (κ2) is 7.56. The summed E-state index contributed by atoms with van der Waals surface area (Å²) in [5.41, 5.74) is 1.38. The van der Waals surface area contributed by atoms with Gasteiger partial charge in [0.2, 0.25) is 11.8 Å². The minimum absolute atomic E-state index is 0.0578. The van der Waals surface area contributed by atoms with Gasteiger partial charge in [-0.3, -0.25) is 9.59 Å². The molecule has 148 valence electrons. The highest BCUT2D eigenvalue weighted by Gasteiger charge is 2.44. The van der Waals surface area contributed by atoms with E-state index in [-0.39, 0.29) is 17.8 Å². The summed E-state index contributed by atoms with van der Waals surface area (Å²) in [6.45, 7) is 1.35. The van der Waals surface area contributed by atoms with Gasteiger partial charge in [-0.15, -0.1) is 10.1 Å². The highest BCUT2D eigenvalue weighted by atomic mass is 35.5. The Bertz CT molecular complexity index is 1020. The Kier molecular flexibility index (Phi) is 4.94. The highest BCUT2D eigenvalue weighted by molar-refractivity contribution is 6.30. The molecule has 0 unspecified atom stereocenters. The molecule has 0 aromatic heterocycles. The number of halogens is 1. The fourth-order valence-electron chi connectivity index (χ4n) is 3.11. The van der Waals surface area contributed by atoms with E-state index in [1.165, 1.54) is 6.92 Å². The molecule has 8 nitrogen and oxygen atoms in total. The SMILES string of the molecule is COc1ccc([C@H]2N=C3OC(c4ccc(Cl)cc4)=NN3C(=O)[C@H]2NC(C)=O)cc1. The molecule has 2 aliphatic rings. The zero-order chi connectivity index (χ0) is 20.5. The van der Waals surface area contributed by atoms with Gasteiger partial charge in [-0.1, -0.05) is 23.7 Å². The number of nitrogens with zero attached hydrogens (tertiary/aromatic N) is 3. The lowest BCUT2D eigenvalue weighted by atomic mass is 9.97. The van der Waals surface area contributed by atoms with Gasteiger partial charge in [-0.25, -0.2) is 4.99 Å². The van der Waals surface area contributed by atoms with Crippen molar-refractivity contribution in [3.05, 3.63) is 64.7 Å².